The van der Waals surface area contributed by atoms with Gasteiger partial charge >= 0.3 is 0 Å². The summed E-state index contributed by atoms with van der Waals surface area (Å²) in [7, 11) is -2.09. The molecule has 0 saturated carbocycles. The molecule has 0 aliphatic rings. The summed E-state index contributed by atoms with van der Waals surface area (Å²) in [5.74, 6) is 0.441. The second-order valence-corrected chi connectivity index (χ2v) is 7.74. The second-order valence-electron chi connectivity index (χ2n) is 3.30. The van der Waals surface area contributed by atoms with Crippen molar-refractivity contribution in [2.75, 3.05) is 17.1 Å². The van der Waals surface area contributed by atoms with Gasteiger partial charge in [-0.1, -0.05) is 11.6 Å². The lowest BCUT2D eigenvalue weighted by atomic mass is 10.6. The van der Waals surface area contributed by atoms with Gasteiger partial charge in [0.25, 0.3) is 10.0 Å². The molecule has 2 N–H and O–H groups in total. The van der Waals surface area contributed by atoms with Gasteiger partial charge in [0.1, 0.15) is 8.81 Å². The van der Waals surface area contributed by atoms with Crippen LogP contribution in [0.1, 0.15) is 0 Å². The molecule has 2 aromatic heterocycles. The summed E-state index contributed by atoms with van der Waals surface area (Å²) in [6.45, 7) is 0. The normalized spacial score (nSPS) is 11.3. The highest BCUT2D eigenvalue weighted by Crippen LogP contribution is 2.28. The Morgan fingerprint density at radius 2 is 2.11 bits per heavy atom. The maximum Gasteiger partial charge on any atom is 0.272 e. The summed E-state index contributed by atoms with van der Waals surface area (Å²) in [6, 6.07) is 2.95. The van der Waals surface area contributed by atoms with E-state index in [9.17, 15) is 8.42 Å². The molecular formula is C9H8BrClN4O2S2. The summed E-state index contributed by atoms with van der Waals surface area (Å²) in [6.07, 6.45) is 1.40. The maximum atomic E-state index is 12.1. The predicted molar refractivity (Wildman–Crippen MR) is 79.4 cm³/mol. The van der Waals surface area contributed by atoms with E-state index in [0.717, 1.165) is 11.3 Å². The molecule has 0 amide bonds. The van der Waals surface area contributed by atoms with Gasteiger partial charge in [-0.3, -0.25) is 4.72 Å². The summed E-state index contributed by atoms with van der Waals surface area (Å²) in [4.78, 5) is 8.04. The van der Waals surface area contributed by atoms with Crippen LogP contribution in [-0.2, 0) is 10.0 Å². The van der Waals surface area contributed by atoms with Gasteiger partial charge in [-0.05, 0) is 28.1 Å². The number of thiophene rings is 1. The van der Waals surface area contributed by atoms with Crippen molar-refractivity contribution >= 4 is 60.5 Å². The smallest absolute Gasteiger partial charge is 0.272 e. The highest BCUT2D eigenvalue weighted by atomic mass is 79.9. The fraction of sp³-hybridized carbons (Fsp3) is 0.111. The van der Waals surface area contributed by atoms with Crippen molar-refractivity contribution in [3.8, 4) is 0 Å². The largest absolute Gasteiger partial charge is 0.370 e. The van der Waals surface area contributed by atoms with Gasteiger partial charge in [-0.25, -0.2) is 18.4 Å². The maximum absolute atomic E-state index is 12.1. The number of anilines is 2. The highest BCUT2D eigenvalue weighted by molar-refractivity contribution is 9.10. The van der Waals surface area contributed by atoms with Crippen molar-refractivity contribution < 1.29 is 8.42 Å². The molecule has 0 atom stereocenters. The standard InChI is InChI=1S/C9H8BrClN4O2S2/c1-12-8-9(13-4-5(10)14-8)15-19(16,17)7-3-2-6(11)18-7/h2-4H,1H3,(H,12,14)(H,13,15). The monoisotopic (exact) mass is 382 g/mol. The zero-order chi connectivity index (χ0) is 14.0. The van der Waals surface area contributed by atoms with Crippen molar-refractivity contribution in [3.05, 3.63) is 27.3 Å². The first-order valence-corrected chi connectivity index (χ1v) is 8.38. The number of nitrogens with one attached hydrogen (secondary N) is 2. The number of hydrogen-bond donors (Lipinski definition) is 2. The number of rotatable bonds is 4. The SMILES string of the molecule is CNc1nc(Br)cnc1NS(=O)(=O)c1ccc(Cl)s1. The van der Waals surface area contributed by atoms with E-state index in [-0.39, 0.29) is 10.0 Å². The van der Waals surface area contributed by atoms with Crippen LogP contribution < -0.4 is 10.0 Å². The number of halogens is 2. The predicted octanol–water partition coefficient (Wildman–Crippen LogP) is 2.80. The van der Waals surface area contributed by atoms with Crippen LogP contribution in [0.25, 0.3) is 0 Å². The highest BCUT2D eigenvalue weighted by Gasteiger charge is 2.19. The summed E-state index contributed by atoms with van der Waals surface area (Å²) >= 11 is 9.85. The Morgan fingerprint density at radius 1 is 1.37 bits per heavy atom. The number of sulfonamides is 1. The van der Waals surface area contributed by atoms with Crippen LogP contribution in [0.5, 0.6) is 0 Å². The lowest BCUT2D eigenvalue weighted by molar-refractivity contribution is 0.603. The first-order chi connectivity index (χ1) is 8.92. The molecule has 0 radical (unpaired) electrons. The molecule has 10 heteroatoms. The van der Waals surface area contributed by atoms with E-state index in [1.54, 1.807) is 7.05 Å². The van der Waals surface area contributed by atoms with Gasteiger partial charge < -0.3 is 5.32 Å². The van der Waals surface area contributed by atoms with Crippen molar-refractivity contribution in [3.63, 3.8) is 0 Å². The fourth-order valence-corrected chi connectivity index (χ4v) is 4.01. The van der Waals surface area contributed by atoms with Crippen molar-refractivity contribution in [2.24, 2.45) is 0 Å². The van der Waals surface area contributed by atoms with E-state index < -0.39 is 10.0 Å². The lowest BCUT2D eigenvalue weighted by Crippen LogP contribution is -2.14. The number of aromatic nitrogens is 2. The minimum absolute atomic E-state index is 0.115. The van der Waals surface area contributed by atoms with Gasteiger partial charge in [0.15, 0.2) is 11.6 Å². The first kappa shape index (κ1) is 14.5. The summed E-state index contributed by atoms with van der Waals surface area (Å²) in [5, 5.41) is 2.76. The Morgan fingerprint density at radius 3 is 2.68 bits per heavy atom. The minimum Gasteiger partial charge on any atom is -0.370 e. The van der Waals surface area contributed by atoms with Crippen LogP contribution in [0.15, 0.2) is 27.1 Å². The van der Waals surface area contributed by atoms with Crippen LogP contribution in [0.2, 0.25) is 4.34 Å². The number of nitrogens with zero attached hydrogens (tertiary/aromatic N) is 2. The molecule has 0 fully saturated rings. The summed E-state index contributed by atoms with van der Waals surface area (Å²) in [5.41, 5.74) is 0. The fourth-order valence-electron chi connectivity index (χ4n) is 1.24. The Kier molecular flexibility index (Phi) is 4.29. The first-order valence-electron chi connectivity index (χ1n) is 4.91. The number of hydrogen-bond acceptors (Lipinski definition) is 6. The van der Waals surface area contributed by atoms with E-state index in [1.165, 1.54) is 18.3 Å². The molecule has 2 heterocycles. The Labute approximate surface area is 127 Å². The van der Waals surface area contributed by atoms with E-state index in [2.05, 4.69) is 35.9 Å². The average Bonchev–Trinajstić information content (AvgIpc) is 2.79. The van der Waals surface area contributed by atoms with Crippen molar-refractivity contribution in [1.82, 2.24) is 9.97 Å². The Bertz CT molecular complexity index is 704. The molecular weight excluding hydrogens is 376 g/mol. The van der Waals surface area contributed by atoms with Gasteiger partial charge in [0.05, 0.1) is 10.5 Å². The molecule has 0 saturated heterocycles. The van der Waals surface area contributed by atoms with Gasteiger partial charge in [0.2, 0.25) is 0 Å². The van der Waals surface area contributed by atoms with Crippen LogP contribution in [0, 0.1) is 0 Å². The van der Waals surface area contributed by atoms with Crippen LogP contribution >= 0.6 is 38.9 Å². The van der Waals surface area contributed by atoms with Crippen LogP contribution in [-0.4, -0.2) is 25.4 Å². The van der Waals surface area contributed by atoms with Gasteiger partial charge in [0, 0.05) is 7.05 Å². The third-order valence-electron chi connectivity index (χ3n) is 2.02. The molecule has 2 rings (SSSR count). The van der Waals surface area contributed by atoms with E-state index in [0.29, 0.717) is 14.8 Å². The molecule has 0 aromatic carbocycles. The molecule has 2 aromatic rings. The van der Waals surface area contributed by atoms with Crippen LogP contribution in [0.3, 0.4) is 0 Å². The average molecular weight is 384 g/mol. The zero-order valence-electron chi connectivity index (χ0n) is 9.52. The van der Waals surface area contributed by atoms with E-state index in [4.69, 9.17) is 11.6 Å². The third-order valence-corrected chi connectivity index (χ3v) is 5.47. The zero-order valence-corrected chi connectivity index (χ0v) is 13.5. The molecule has 6 nitrogen and oxygen atoms in total. The Balaban J connectivity index is 2.35. The van der Waals surface area contributed by atoms with Gasteiger partial charge in [-0.2, -0.15) is 0 Å². The molecule has 0 spiro atoms. The third kappa shape index (κ3) is 3.35. The quantitative estimate of drug-likeness (QED) is 0.848. The van der Waals surface area contributed by atoms with Crippen molar-refractivity contribution in [2.45, 2.75) is 4.21 Å². The minimum atomic E-state index is -3.71. The molecule has 19 heavy (non-hydrogen) atoms. The van der Waals surface area contributed by atoms with Gasteiger partial charge in [-0.15, -0.1) is 11.3 Å². The molecule has 0 bridgehead atoms. The van der Waals surface area contributed by atoms with Crippen LogP contribution in [0.4, 0.5) is 11.6 Å². The Hall–Kier alpha value is -0.900. The van der Waals surface area contributed by atoms with Crippen molar-refractivity contribution in [1.29, 1.82) is 0 Å². The van der Waals surface area contributed by atoms with E-state index in [1.807, 2.05) is 0 Å². The lowest BCUT2D eigenvalue weighted by Gasteiger charge is -2.09. The van der Waals surface area contributed by atoms with E-state index >= 15 is 0 Å². The second kappa shape index (κ2) is 5.61. The topological polar surface area (TPSA) is 84.0 Å². The summed E-state index contributed by atoms with van der Waals surface area (Å²) < 4.78 is 27.6. The molecule has 0 unspecified atom stereocenters. The molecule has 102 valence electrons. The molecule has 0 aliphatic carbocycles. The molecule has 0 aliphatic heterocycles.